The van der Waals surface area contributed by atoms with Crippen LogP contribution in [-0.4, -0.2) is 9.97 Å². The first-order valence-corrected chi connectivity index (χ1v) is 6.93. The summed E-state index contributed by atoms with van der Waals surface area (Å²) in [5.41, 5.74) is 7.86. The number of aromatic nitrogens is 2. The van der Waals surface area contributed by atoms with Gasteiger partial charge in [0.1, 0.15) is 17.0 Å². The molecule has 1 unspecified atom stereocenters. The van der Waals surface area contributed by atoms with Gasteiger partial charge in [0, 0.05) is 5.69 Å². The molecule has 3 N–H and O–H groups in total. The van der Waals surface area contributed by atoms with E-state index in [0.29, 0.717) is 0 Å². The fourth-order valence-corrected chi connectivity index (χ4v) is 2.83. The van der Waals surface area contributed by atoms with Crippen molar-refractivity contribution in [2.45, 2.75) is 13.0 Å². The predicted octanol–water partition coefficient (Wildman–Crippen LogP) is 3.45. The van der Waals surface area contributed by atoms with Crippen molar-refractivity contribution in [3.63, 3.8) is 0 Å². The van der Waals surface area contributed by atoms with E-state index in [1.807, 2.05) is 35.7 Å². The van der Waals surface area contributed by atoms with Crippen LogP contribution in [0.1, 0.15) is 18.5 Å². The van der Waals surface area contributed by atoms with Crippen LogP contribution in [0.3, 0.4) is 0 Å². The van der Waals surface area contributed by atoms with Crippen LogP contribution < -0.4 is 11.1 Å². The van der Waals surface area contributed by atoms with Crippen LogP contribution in [0.5, 0.6) is 0 Å². The molecule has 0 amide bonds. The average molecular weight is 270 g/mol. The van der Waals surface area contributed by atoms with E-state index in [1.165, 1.54) is 0 Å². The molecule has 0 aliphatic rings. The Morgan fingerprint density at radius 2 is 2.05 bits per heavy atom. The SMILES string of the molecule is CC(Nc1ncnc2sccc12)c1ccccc1N. The fraction of sp³-hybridized carbons (Fsp3) is 0.143. The van der Waals surface area contributed by atoms with Crippen LogP contribution in [0.25, 0.3) is 10.2 Å². The van der Waals surface area contributed by atoms with Crippen molar-refractivity contribution < 1.29 is 0 Å². The molecule has 5 heteroatoms. The molecule has 0 bridgehead atoms. The minimum absolute atomic E-state index is 0.0965. The van der Waals surface area contributed by atoms with Crippen molar-refractivity contribution >= 4 is 33.1 Å². The highest BCUT2D eigenvalue weighted by Gasteiger charge is 2.11. The monoisotopic (exact) mass is 270 g/mol. The zero-order valence-electron chi connectivity index (χ0n) is 10.5. The number of anilines is 2. The third kappa shape index (κ3) is 2.24. The Morgan fingerprint density at radius 3 is 2.89 bits per heavy atom. The first-order valence-electron chi connectivity index (χ1n) is 6.05. The molecule has 0 spiro atoms. The van der Waals surface area contributed by atoms with Crippen molar-refractivity contribution in [1.82, 2.24) is 9.97 Å². The summed E-state index contributed by atoms with van der Waals surface area (Å²) in [7, 11) is 0. The van der Waals surface area contributed by atoms with Crippen LogP contribution in [0.4, 0.5) is 11.5 Å². The number of benzene rings is 1. The van der Waals surface area contributed by atoms with Crippen molar-refractivity contribution in [2.24, 2.45) is 0 Å². The number of para-hydroxylation sites is 1. The smallest absolute Gasteiger partial charge is 0.138 e. The first-order chi connectivity index (χ1) is 9.25. The van der Waals surface area contributed by atoms with E-state index in [2.05, 4.69) is 22.2 Å². The minimum atomic E-state index is 0.0965. The van der Waals surface area contributed by atoms with Gasteiger partial charge in [-0.15, -0.1) is 11.3 Å². The average Bonchev–Trinajstić information content (AvgIpc) is 2.88. The second-order valence-electron chi connectivity index (χ2n) is 4.36. The van der Waals surface area contributed by atoms with Crippen LogP contribution in [0.15, 0.2) is 42.0 Å². The second kappa shape index (κ2) is 4.85. The van der Waals surface area contributed by atoms with Crippen molar-refractivity contribution in [3.8, 4) is 0 Å². The van der Waals surface area contributed by atoms with Gasteiger partial charge in [0.05, 0.1) is 11.4 Å². The largest absolute Gasteiger partial charge is 0.398 e. The van der Waals surface area contributed by atoms with Gasteiger partial charge < -0.3 is 11.1 Å². The molecule has 3 rings (SSSR count). The molecule has 1 atom stereocenters. The van der Waals surface area contributed by atoms with E-state index in [-0.39, 0.29) is 6.04 Å². The van der Waals surface area contributed by atoms with E-state index < -0.39 is 0 Å². The Bertz CT molecular complexity index is 707. The van der Waals surface area contributed by atoms with Gasteiger partial charge in [-0.2, -0.15) is 0 Å². The number of nitrogens with two attached hydrogens (primary N) is 1. The van der Waals surface area contributed by atoms with Crippen LogP contribution in [0.2, 0.25) is 0 Å². The Kier molecular flexibility index (Phi) is 3.05. The summed E-state index contributed by atoms with van der Waals surface area (Å²) < 4.78 is 0. The molecule has 2 heterocycles. The highest BCUT2D eigenvalue weighted by atomic mass is 32.1. The molecule has 0 saturated heterocycles. The number of rotatable bonds is 3. The van der Waals surface area contributed by atoms with Gasteiger partial charge >= 0.3 is 0 Å². The molecular formula is C14H14N4S. The summed E-state index contributed by atoms with van der Waals surface area (Å²) >= 11 is 1.61. The highest BCUT2D eigenvalue weighted by molar-refractivity contribution is 7.16. The molecule has 0 aliphatic heterocycles. The van der Waals surface area contributed by atoms with Crippen molar-refractivity contribution in [1.29, 1.82) is 0 Å². The molecule has 96 valence electrons. The zero-order chi connectivity index (χ0) is 13.2. The molecule has 0 radical (unpaired) electrons. The van der Waals surface area contributed by atoms with Crippen LogP contribution in [-0.2, 0) is 0 Å². The quantitative estimate of drug-likeness (QED) is 0.715. The number of hydrogen-bond acceptors (Lipinski definition) is 5. The lowest BCUT2D eigenvalue weighted by Crippen LogP contribution is -2.10. The third-order valence-corrected chi connectivity index (χ3v) is 3.90. The van der Waals surface area contributed by atoms with Crippen molar-refractivity contribution in [3.05, 3.63) is 47.6 Å². The number of fused-ring (bicyclic) bond motifs is 1. The van der Waals surface area contributed by atoms with Gasteiger partial charge in [-0.3, -0.25) is 0 Å². The standard InChI is InChI=1S/C14H14N4S/c1-9(10-4-2-3-5-12(10)15)18-13-11-6-7-19-14(11)17-8-16-13/h2-9H,15H2,1H3,(H,16,17,18). The zero-order valence-corrected chi connectivity index (χ0v) is 11.3. The van der Waals surface area contributed by atoms with E-state index >= 15 is 0 Å². The number of nitrogen functional groups attached to an aromatic ring is 1. The van der Waals surface area contributed by atoms with E-state index in [4.69, 9.17) is 5.73 Å². The molecule has 19 heavy (non-hydrogen) atoms. The third-order valence-electron chi connectivity index (χ3n) is 3.08. The summed E-state index contributed by atoms with van der Waals surface area (Å²) in [6.45, 7) is 2.08. The molecule has 3 aromatic rings. The topological polar surface area (TPSA) is 63.8 Å². The minimum Gasteiger partial charge on any atom is -0.398 e. The Balaban J connectivity index is 1.93. The van der Waals surface area contributed by atoms with Gasteiger partial charge in [0.25, 0.3) is 0 Å². The maximum atomic E-state index is 6.00. The molecule has 2 aromatic heterocycles. The predicted molar refractivity (Wildman–Crippen MR) is 80.3 cm³/mol. The van der Waals surface area contributed by atoms with E-state index in [9.17, 15) is 0 Å². The summed E-state index contributed by atoms with van der Waals surface area (Å²) in [6.07, 6.45) is 1.59. The van der Waals surface area contributed by atoms with E-state index in [1.54, 1.807) is 17.7 Å². The molecule has 1 aromatic carbocycles. The fourth-order valence-electron chi connectivity index (χ4n) is 2.09. The van der Waals surface area contributed by atoms with E-state index in [0.717, 1.165) is 27.3 Å². The maximum Gasteiger partial charge on any atom is 0.138 e. The van der Waals surface area contributed by atoms with Gasteiger partial charge in [0.2, 0.25) is 0 Å². The number of nitrogens with one attached hydrogen (secondary N) is 1. The molecule has 0 saturated carbocycles. The number of nitrogens with zero attached hydrogens (tertiary/aromatic N) is 2. The summed E-state index contributed by atoms with van der Waals surface area (Å²) in [4.78, 5) is 9.55. The summed E-state index contributed by atoms with van der Waals surface area (Å²) in [6, 6.07) is 9.99. The number of thiophene rings is 1. The summed E-state index contributed by atoms with van der Waals surface area (Å²) in [5.74, 6) is 0.849. The van der Waals surface area contributed by atoms with Crippen molar-refractivity contribution in [2.75, 3.05) is 11.1 Å². The van der Waals surface area contributed by atoms with Gasteiger partial charge in [0.15, 0.2) is 0 Å². The van der Waals surface area contributed by atoms with Crippen LogP contribution >= 0.6 is 11.3 Å². The highest BCUT2D eigenvalue weighted by Crippen LogP contribution is 2.28. The van der Waals surface area contributed by atoms with Crippen LogP contribution in [0, 0.1) is 0 Å². The second-order valence-corrected chi connectivity index (χ2v) is 5.25. The number of hydrogen-bond donors (Lipinski definition) is 2. The molecule has 0 fully saturated rings. The molecule has 4 nitrogen and oxygen atoms in total. The Labute approximate surface area is 115 Å². The van der Waals surface area contributed by atoms with Gasteiger partial charge in [-0.25, -0.2) is 9.97 Å². The Morgan fingerprint density at radius 1 is 1.21 bits per heavy atom. The first kappa shape index (κ1) is 11.9. The van der Waals surface area contributed by atoms with Gasteiger partial charge in [-0.1, -0.05) is 18.2 Å². The maximum absolute atomic E-state index is 6.00. The van der Waals surface area contributed by atoms with Gasteiger partial charge in [-0.05, 0) is 30.0 Å². The lowest BCUT2D eigenvalue weighted by molar-refractivity contribution is 0.879. The lowest BCUT2D eigenvalue weighted by Gasteiger charge is -2.17. The normalized spacial score (nSPS) is 12.5. The lowest BCUT2D eigenvalue weighted by atomic mass is 10.1. The molecular weight excluding hydrogens is 256 g/mol. The Hall–Kier alpha value is -2.14. The molecule has 0 aliphatic carbocycles. The summed E-state index contributed by atoms with van der Waals surface area (Å²) in [5, 5.41) is 6.47.